The van der Waals surface area contributed by atoms with Gasteiger partial charge in [0.05, 0.1) is 12.2 Å². The third-order valence-corrected chi connectivity index (χ3v) is 7.17. The van der Waals surface area contributed by atoms with Crippen LogP contribution in [0.1, 0.15) is 56.6 Å². The number of allylic oxidation sites excluding steroid dienone is 1. The molecular weight excluding hydrogens is 414 g/mol. The van der Waals surface area contributed by atoms with E-state index in [1.54, 1.807) is 6.92 Å². The largest absolute Gasteiger partial charge is 0.356 e. The lowest BCUT2D eigenvalue weighted by molar-refractivity contribution is -0.126. The van der Waals surface area contributed by atoms with Gasteiger partial charge in [-0.2, -0.15) is 5.10 Å². The van der Waals surface area contributed by atoms with Gasteiger partial charge in [-0.05, 0) is 73.8 Å². The number of hydrazone groups is 1. The van der Waals surface area contributed by atoms with Crippen LogP contribution < -0.4 is 16.1 Å². The van der Waals surface area contributed by atoms with Gasteiger partial charge in [0, 0.05) is 31.1 Å². The van der Waals surface area contributed by atoms with Crippen LogP contribution in [-0.4, -0.2) is 37.2 Å². The summed E-state index contributed by atoms with van der Waals surface area (Å²) in [4.78, 5) is 24.1. The number of rotatable bonds is 12. The van der Waals surface area contributed by atoms with Gasteiger partial charge in [-0.15, -0.1) is 0 Å². The Morgan fingerprint density at radius 2 is 2.00 bits per heavy atom. The van der Waals surface area contributed by atoms with Crippen molar-refractivity contribution in [2.24, 2.45) is 28.8 Å². The average Bonchev–Trinajstić information content (AvgIpc) is 3.41. The molecule has 2 bridgehead atoms. The summed E-state index contributed by atoms with van der Waals surface area (Å²) in [6.07, 6.45) is 9.34. The SMILES string of the molecule is CC(=O)CNCc1ccc(C2=C3C(C=NN2)C2CC(C(=O)NCCCCCC=N)C3C2)cc1. The maximum atomic E-state index is 13.0. The van der Waals surface area contributed by atoms with E-state index in [0.29, 0.717) is 24.9 Å². The summed E-state index contributed by atoms with van der Waals surface area (Å²) in [6.45, 7) is 3.34. The predicted octanol–water partition coefficient (Wildman–Crippen LogP) is 3.26. The lowest BCUT2D eigenvalue weighted by Crippen LogP contribution is -2.38. The van der Waals surface area contributed by atoms with Crippen LogP contribution in [0.4, 0.5) is 0 Å². The van der Waals surface area contributed by atoms with E-state index in [0.717, 1.165) is 61.9 Å². The van der Waals surface area contributed by atoms with E-state index < -0.39 is 0 Å². The molecule has 1 aromatic rings. The molecule has 7 nitrogen and oxygen atoms in total. The van der Waals surface area contributed by atoms with Crippen LogP contribution in [0.25, 0.3) is 5.70 Å². The lowest BCUT2D eigenvalue weighted by atomic mass is 9.76. The fourth-order valence-corrected chi connectivity index (χ4v) is 5.60. The molecule has 0 radical (unpaired) electrons. The van der Waals surface area contributed by atoms with E-state index in [9.17, 15) is 9.59 Å². The summed E-state index contributed by atoms with van der Waals surface area (Å²) in [6, 6.07) is 8.38. The monoisotopic (exact) mass is 449 g/mol. The van der Waals surface area contributed by atoms with E-state index in [4.69, 9.17) is 5.41 Å². The van der Waals surface area contributed by atoms with Crippen LogP contribution in [0.2, 0.25) is 0 Å². The van der Waals surface area contributed by atoms with Gasteiger partial charge in [0.25, 0.3) is 0 Å². The Hall–Kier alpha value is -2.80. The van der Waals surface area contributed by atoms with Gasteiger partial charge in [-0.1, -0.05) is 30.7 Å². The molecule has 7 heteroatoms. The minimum absolute atomic E-state index is 0.0428. The van der Waals surface area contributed by atoms with Crippen molar-refractivity contribution in [3.63, 3.8) is 0 Å². The first-order valence-corrected chi connectivity index (χ1v) is 12.2. The Morgan fingerprint density at radius 3 is 2.76 bits per heavy atom. The Morgan fingerprint density at radius 1 is 1.18 bits per heavy atom. The molecule has 4 atom stereocenters. The molecule has 0 aromatic heterocycles. The number of amides is 1. The Balaban J connectivity index is 1.41. The zero-order chi connectivity index (χ0) is 23.2. The zero-order valence-electron chi connectivity index (χ0n) is 19.4. The third-order valence-electron chi connectivity index (χ3n) is 7.17. The van der Waals surface area contributed by atoms with Crippen molar-refractivity contribution in [3.8, 4) is 0 Å². The number of carbonyl (C=O) groups is 2. The Kier molecular flexibility index (Phi) is 7.70. The van der Waals surface area contributed by atoms with Gasteiger partial charge in [-0.25, -0.2) is 0 Å². The normalized spacial score (nSPS) is 25.0. The van der Waals surface area contributed by atoms with Gasteiger partial charge >= 0.3 is 0 Å². The first-order chi connectivity index (χ1) is 16.1. The second-order valence-electron chi connectivity index (χ2n) is 9.54. The number of unbranched alkanes of at least 4 members (excludes halogenated alkanes) is 3. The second kappa shape index (κ2) is 10.9. The molecule has 33 heavy (non-hydrogen) atoms. The fourth-order valence-electron chi connectivity index (χ4n) is 5.60. The van der Waals surface area contributed by atoms with Crippen LogP contribution >= 0.6 is 0 Å². The van der Waals surface area contributed by atoms with Crippen LogP contribution in [-0.2, 0) is 16.1 Å². The number of Topliss-reactive ketones (excluding diaryl/α,β-unsaturated/α-hetero) is 1. The summed E-state index contributed by atoms with van der Waals surface area (Å²) < 4.78 is 0. The second-order valence-corrected chi connectivity index (χ2v) is 9.54. The lowest BCUT2D eigenvalue weighted by Gasteiger charge is -2.32. The topological polar surface area (TPSA) is 106 Å². The summed E-state index contributed by atoms with van der Waals surface area (Å²) in [5.74, 6) is 1.45. The molecule has 1 heterocycles. The molecule has 2 aliphatic carbocycles. The number of nitrogens with one attached hydrogen (secondary N) is 4. The maximum Gasteiger partial charge on any atom is 0.223 e. The maximum absolute atomic E-state index is 13.0. The number of hydrogen-bond acceptors (Lipinski definition) is 6. The molecule has 2 saturated carbocycles. The van der Waals surface area contributed by atoms with Crippen LogP contribution in [0.5, 0.6) is 0 Å². The fraction of sp³-hybridized carbons (Fsp3) is 0.538. The molecule has 1 aromatic carbocycles. The van der Waals surface area contributed by atoms with Crippen molar-refractivity contribution in [2.75, 3.05) is 13.1 Å². The minimum Gasteiger partial charge on any atom is -0.356 e. The molecule has 4 N–H and O–H groups in total. The number of fused-ring (bicyclic) bond motifs is 5. The molecule has 4 rings (SSSR count). The van der Waals surface area contributed by atoms with E-state index in [-0.39, 0.29) is 23.5 Å². The highest BCUT2D eigenvalue weighted by Gasteiger charge is 2.53. The number of carbonyl (C=O) groups excluding carboxylic acids is 2. The van der Waals surface area contributed by atoms with Gasteiger partial charge in [0.15, 0.2) is 0 Å². The van der Waals surface area contributed by atoms with E-state index in [2.05, 4.69) is 45.4 Å². The van der Waals surface area contributed by atoms with Crippen molar-refractivity contribution < 1.29 is 9.59 Å². The zero-order valence-corrected chi connectivity index (χ0v) is 19.4. The highest BCUT2D eigenvalue weighted by Crippen LogP contribution is 2.56. The molecule has 176 valence electrons. The number of benzene rings is 1. The Bertz CT molecular complexity index is 937. The van der Waals surface area contributed by atoms with Gasteiger partial charge in [0.2, 0.25) is 5.91 Å². The molecular formula is C26H35N5O2. The Labute approximate surface area is 196 Å². The summed E-state index contributed by atoms with van der Waals surface area (Å²) in [5, 5.41) is 17.9. The highest BCUT2D eigenvalue weighted by molar-refractivity contribution is 5.85. The first-order valence-electron chi connectivity index (χ1n) is 12.2. The molecule has 2 fully saturated rings. The van der Waals surface area contributed by atoms with E-state index in [1.165, 1.54) is 11.8 Å². The van der Waals surface area contributed by atoms with Crippen molar-refractivity contribution >= 4 is 29.8 Å². The van der Waals surface area contributed by atoms with Crippen molar-refractivity contribution in [3.05, 3.63) is 41.0 Å². The van der Waals surface area contributed by atoms with Crippen molar-refractivity contribution in [2.45, 2.75) is 52.0 Å². The molecule has 0 saturated heterocycles. The quantitative estimate of drug-likeness (QED) is 0.290. The molecule has 1 amide bonds. The molecule has 3 aliphatic rings. The standard InChI is InChI=1S/C26H35N5O2/c1-17(32)14-28-15-18-6-8-19(9-7-18)25-24-21-12-20(23(24)16-30-31-25)13-22(21)26(33)29-11-5-3-2-4-10-27/h6-10,16,20-23,27-28,31H,2-5,11-15H2,1H3,(H,29,33). The summed E-state index contributed by atoms with van der Waals surface area (Å²) >= 11 is 0. The van der Waals surface area contributed by atoms with Crippen molar-refractivity contribution in [1.82, 2.24) is 16.1 Å². The average molecular weight is 450 g/mol. The smallest absolute Gasteiger partial charge is 0.223 e. The first kappa shape index (κ1) is 23.4. The predicted molar refractivity (Wildman–Crippen MR) is 131 cm³/mol. The van der Waals surface area contributed by atoms with Crippen LogP contribution in [0, 0.1) is 29.1 Å². The van der Waals surface area contributed by atoms with Gasteiger partial charge in [0.1, 0.15) is 5.78 Å². The van der Waals surface area contributed by atoms with Crippen LogP contribution in [0.15, 0.2) is 34.9 Å². The molecule has 0 spiro atoms. The number of hydrogen-bond donors (Lipinski definition) is 4. The summed E-state index contributed by atoms with van der Waals surface area (Å²) in [5.41, 5.74) is 7.87. The van der Waals surface area contributed by atoms with Gasteiger partial charge in [-0.3, -0.25) is 15.0 Å². The summed E-state index contributed by atoms with van der Waals surface area (Å²) in [7, 11) is 0. The molecule has 4 unspecified atom stereocenters. The number of ketones is 1. The van der Waals surface area contributed by atoms with E-state index in [1.807, 2.05) is 6.21 Å². The van der Waals surface area contributed by atoms with Crippen molar-refractivity contribution in [1.29, 1.82) is 5.41 Å². The minimum atomic E-state index is 0.0428. The molecule has 1 aliphatic heterocycles. The van der Waals surface area contributed by atoms with Crippen LogP contribution in [0.3, 0.4) is 0 Å². The third kappa shape index (κ3) is 5.41. The highest BCUT2D eigenvalue weighted by atomic mass is 16.2. The van der Waals surface area contributed by atoms with E-state index >= 15 is 0 Å². The number of nitrogens with zero attached hydrogens (tertiary/aromatic N) is 1. The van der Waals surface area contributed by atoms with Gasteiger partial charge < -0.3 is 16.0 Å².